The topological polar surface area (TPSA) is 93.1 Å². The summed E-state index contributed by atoms with van der Waals surface area (Å²) in [6.07, 6.45) is 1.59. The lowest BCUT2D eigenvalue weighted by molar-refractivity contribution is 0.00374. The minimum Gasteiger partial charge on any atom is -0.477 e. The van der Waals surface area contributed by atoms with Gasteiger partial charge in [0.2, 0.25) is 0 Å². The Balaban J connectivity index is 2.89. The van der Waals surface area contributed by atoms with Gasteiger partial charge in [-0.2, -0.15) is 0 Å². The van der Waals surface area contributed by atoms with Gasteiger partial charge in [0.1, 0.15) is 16.1 Å². The van der Waals surface area contributed by atoms with Gasteiger partial charge in [0.05, 0.1) is 6.54 Å². The van der Waals surface area contributed by atoms with Crippen molar-refractivity contribution in [2.75, 3.05) is 6.54 Å². The van der Waals surface area contributed by atoms with Gasteiger partial charge < -0.3 is 14.6 Å². The minimum absolute atomic E-state index is 0.0653. The number of hydrogen-bond donors (Lipinski definition) is 1. The molecule has 144 valence electrons. The van der Waals surface area contributed by atoms with Gasteiger partial charge in [-0.3, -0.25) is 0 Å². The normalized spacial score (nSPS) is 12.1. The highest BCUT2D eigenvalue weighted by Gasteiger charge is 2.30. The third-order valence-electron chi connectivity index (χ3n) is 2.64. The third-order valence-corrected chi connectivity index (χ3v) is 3.67. The Morgan fingerprint density at radius 1 is 1.04 bits per heavy atom. The number of carbonyl (C=O) groups excluding carboxylic acids is 2. The molecule has 1 rings (SSSR count). The van der Waals surface area contributed by atoms with Crippen LogP contribution >= 0.6 is 11.3 Å². The Hall–Kier alpha value is -2.35. The van der Waals surface area contributed by atoms with Crippen molar-refractivity contribution in [3.05, 3.63) is 28.0 Å². The average Bonchev–Trinajstić information content (AvgIpc) is 2.88. The monoisotopic (exact) mass is 383 g/mol. The van der Waals surface area contributed by atoms with Crippen molar-refractivity contribution in [3.8, 4) is 0 Å². The summed E-state index contributed by atoms with van der Waals surface area (Å²) in [4.78, 5) is 37.3. The van der Waals surface area contributed by atoms with Crippen LogP contribution in [0, 0.1) is 0 Å². The van der Waals surface area contributed by atoms with Gasteiger partial charge in [-0.1, -0.05) is 6.08 Å². The minimum atomic E-state index is -1.00. The zero-order valence-corrected chi connectivity index (χ0v) is 16.7. The van der Waals surface area contributed by atoms with E-state index in [1.54, 1.807) is 59.8 Å². The van der Waals surface area contributed by atoms with Crippen LogP contribution in [0.1, 0.15) is 56.1 Å². The molecule has 1 heterocycles. The van der Waals surface area contributed by atoms with Crippen molar-refractivity contribution < 1.29 is 29.0 Å². The van der Waals surface area contributed by atoms with E-state index in [0.717, 1.165) is 16.2 Å². The van der Waals surface area contributed by atoms with E-state index in [0.29, 0.717) is 4.88 Å². The molecule has 0 aliphatic rings. The van der Waals surface area contributed by atoms with E-state index in [9.17, 15) is 14.4 Å². The van der Waals surface area contributed by atoms with Gasteiger partial charge in [0.25, 0.3) is 0 Å². The molecule has 1 N–H and O–H groups in total. The SMILES string of the molecule is CC(C)(C)OC(=O)N(C/C=C/c1ccc(C(=O)O)s1)C(=O)OC(C)(C)C. The summed E-state index contributed by atoms with van der Waals surface area (Å²) < 4.78 is 10.5. The lowest BCUT2D eigenvalue weighted by Crippen LogP contribution is -2.43. The number of carbonyl (C=O) groups is 3. The van der Waals surface area contributed by atoms with Crippen molar-refractivity contribution in [2.45, 2.75) is 52.7 Å². The van der Waals surface area contributed by atoms with Crippen LogP contribution in [0.3, 0.4) is 0 Å². The highest BCUT2D eigenvalue weighted by molar-refractivity contribution is 7.14. The zero-order chi connectivity index (χ0) is 20.1. The number of amides is 2. The molecule has 8 heteroatoms. The van der Waals surface area contributed by atoms with E-state index in [2.05, 4.69) is 0 Å². The number of rotatable bonds is 4. The molecule has 0 fully saturated rings. The molecule has 0 spiro atoms. The van der Waals surface area contributed by atoms with Crippen molar-refractivity contribution in [1.29, 1.82) is 0 Å². The third kappa shape index (κ3) is 7.69. The van der Waals surface area contributed by atoms with Gasteiger partial charge in [-0.05, 0) is 59.8 Å². The van der Waals surface area contributed by atoms with Crippen molar-refractivity contribution in [2.24, 2.45) is 0 Å². The molecule has 0 unspecified atom stereocenters. The largest absolute Gasteiger partial charge is 0.477 e. The fourth-order valence-electron chi connectivity index (χ4n) is 1.69. The summed E-state index contributed by atoms with van der Waals surface area (Å²) in [6, 6.07) is 3.14. The molecule has 26 heavy (non-hydrogen) atoms. The highest BCUT2D eigenvalue weighted by atomic mass is 32.1. The molecule has 0 saturated carbocycles. The Morgan fingerprint density at radius 3 is 1.92 bits per heavy atom. The van der Waals surface area contributed by atoms with Crippen molar-refractivity contribution in [3.63, 3.8) is 0 Å². The second kappa shape index (κ2) is 8.35. The van der Waals surface area contributed by atoms with Crippen LogP contribution in [0.15, 0.2) is 18.2 Å². The maximum Gasteiger partial charge on any atom is 0.420 e. The second-order valence-electron chi connectivity index (χ2n) is 7.48. The standard InChI is InChI=1S/C18H25NO6S/c1-17(2,3)24-15(22)19(16(23)25-18(4,5)6)11-7-8-12-9-10-13(26-12)14(20)21/h7-10H,11H2,1-6H3,(H,20,21)/b8-7+. The van der Waals surface area contributed by atoms with Crippen molar-refractivity contribution in [1.82, 2.24) is 4.90 Å². The van der Waals surface area contributed by atoms with Crippen LogP contribution in [-0.4, -0.2) is 45.9 Å². The first-order chi connectivity index (χ1) is 11.8. The number of carboxylic acids is 1. The molecule has 7 nitrogen and oxygen atoms in total. The number of ether oxygens (including phenoxy) is 2. The van der Waals surface area contributed by atoms with E-state index in [-0.39, 0.29) is 11.4 Å². The number of hydrogen-bond acceptors (Lipinski definition) is 6. The first-order valence-electron chi connectivity index (χ1n) is 8.02. The van der Waals surface area contributed by atoms with Crippen LogP contribution in [0.25, 0.3) is 6.08 Å². The fourth-order valence-corrected chi connectivity index (χ4v) is 2.47. The summed E-state index contributed by atoms with van der Waals surface area (Å²) in [5, 5.41) is 8.93. The average molecular weight is 383 g/mol. The molecule has 0 aliphatic carbocycles. The van der Waals surface area contributed by atoms with Gasteiger partial charge >= 0.3 is 18.2 Å². The molecule has 0 radical (unpaired) electrons. The van der Waals surface area contributed by atoms with Gasteiger partial charge in [0, 0.05) is 4.88 Å². The summed E-state index contributed by atoms with van der Waals surface area (Å²) in [5.74, 6) is -1.00. The predicted octanol–water partition coefficient (Wildman–Crippen LogP) is 4.63. The lowest BCUT2D eigenvalue weighted by Gasteiger charge is -2.28. The number of thiophene rings is 1. The number of nitrogens with zero attached hydrogens (tertiary/aromatic N) is 1. The highest BCUT2D eigenvalue weighted by Crippen LogP contribution is 2.19. The predicted molar refractivity (Wildman–Crippen MR) is 99.5 cm³/mol. The Bertz CT molecular complexity index is 665. The van der Waals surface area contributed by atoms with Crippen LogP contribution in [-0.2, 0) is 9.47 Å². The summed E-state index contributed by atoms with van der Waals surface area (Å²) >= 11 is 1.09. The zero-order valence-electron chi connectivity index (χ0n) is 15.9. The van der Waals surface area contributed by atoms with E-state index >= 15 is 0 Å². The van der Waals surface area contributed by atoms with E-state index in [1.807, 2.05) is 0 Å². The summed E-state index contributed by atoms with van der Waals surface area (Å²) in [6.45, 7) is 10.1. The van der Waals surface area contributed by atoms with Crippen LogP contribution < -0.4 is 0 Å². The summed E-state index contributed by atoms with van der Waals surface area (Å²) in [5.41, 5.74) is -1.52. The van der Waals surface area contributed by atoms with E-state index < -0.39 is 29.4 Å². The number of imide groups is 1. The molecule has 2 amide bonds. The molecule has 0 bridgehead atoms. The maximum absolute atomic E-state index is 12.3. The molecular weight excluding hydrogens is 358 g/mol. The molecule has 0 aromatic carbocycles. The van der Waals surface area contributed by atoms with Gasteiger partial charge in [-0.25, -0.2) is 19.3 Å². The number of aromatic carboxylic acids is 1. The lowest BCUT2D eigenvalue weighted by atomic mass is 10.2. The number of carboxylic acid groups (broad SMARTS) is 1. The second-order valence-corrected chi connectivity index (χ2v) is 8.60. The fraction of sp³-hybridized carbons (Fsp3) is 0.500. The summed E-state index contributed by atoms with van der Waals surface area (Å²) in [7, 11) is 0. The van der Waals surface area contributed by atoms with Crippen molar-refractivity contribution >= 4 is 35.6 Å². The van der Waals surface area contributed by atoms with Gasteiger partial charge in [0.15, 0.2) is 0 Å². The molecule has 0 atom stereocenters. The van der Waals surface area contributed by atoms with Crippen LogP contribution in [0.4, 0.5) is 9.59 Å². The molecule has 0 aliphatic heterocycles. The van der Waals surface area contributed by atoms with E-state index in [4.69, 9.17) is 14.6 Å². The smallest absolute Gasteiger partial charge is 0.420 e. The van der Waals surface area contributed by atoms with Crippen LogP contribution in [0.2, 0.25) is 0 Å². The van der Waals surface area contributed by atoms with Crippen LogP contribution in [0.5, 0.6) is 0 Å². The Morgan fingerprint density at radius 2 is 1.54 bits per heavy atom. The van der Waals surface area contributed by atoms with Gasteiger partial charge in [-0.15, -0.1) is 11.3 Å². The first kappa shape index (κ1) is 21.7. The Labute approximate surface area is 157 Å². The molecule has 0 saturated heterocycles. The first-order valence-corrected chi connectivity index (χ1v) is 8.83. The quantitative estimate of drug-likeness (QED) is 0.815. The van der Waals surface area contributed by atoms with E-state index in [1.165, 1.54) is 6.07 Å². The maximum atomic E-state index is 12.3. The molecular formula is C18H25NO6S. The Kier molecular flexibility index (Phi) is 6.97. The molecule has 1 aromatic heterocycles. The molecule has 1 aromatic rings.